The van der Waals surface area contributed by atoms with Crippen molar-refractivity contribution in [2.45, 2.75) is 37.6 Å². The van der Waals surface area contributed by atoms with Gasteiger partial charge >= 0.3 is 0 Å². The van der Waals surface area contributed by atoms with Crippen LogP contribution in [0.3, 0.4) is 0 Å². The minimum Gasteiger partial charge on any atom is -0.390 e. The molecule has 1 saturated heterocycles. The lowest BCUT2D eigenvalue weighted by atomic mass is 9.84. The van der Waals surface area contributed by atoms with Gasteiger partial charge in [-0.2, -0.15) is 0 Å². The first-order chi connectivity index (χ1) is 9.65. The van der Waals surface area contributed by atoms with Crippen molar-refractivity contribution in [3.8, 4) is 0 Å². The fourth-order valence-corrected chi connectivity index (χ4v) is 2.80. The summed E-state index contributed by atoms with van der Waals surface area (Å²) in [5, 5.41) is 19.4. The van der Waals surface area contributed by atoms with Crippen molar-refractivity contribution >= 4 is 11.6 Å². The summed E-state index contributed by atoms with van der Waals surface area (Å²) in [7, 11) is 0. The first kappa shape index (κ1) is 16.6. The fourth-order valence-electron chi connectivity index (χ4n) is 2.60. The Morgan fingerprint density at radius 3 is 2.52 bits per heavy atom. The Kier molecular flexibility index (Phi) is 4.30. The van der Waals surface area contributed by atoms with Gasteiger partial charge in [-0.05, 0) is 26.3 Å². The molecule has 0 amide bonds. The van der Waals surface area contributed by atoms with Crippen LogP contribution in [0.4, 0.5) is 8.78 Å². The van der Waals surface area contributed by atoms with Crippen molar-refractivity contribution in [3.63, 3.8) is 0 Å². The third kappa shape index (κ3) is 2.55. The lowest BCUT2D eigenvalue weighted by Crippen LogP contribution is -2.44. The van der Waals surface area contributed by atoms with Crippen LogP contribution in [-0.2, 0) is 15.9 Å². The zero-order valence-electron chi connectivity index (χ0n) is 11.8. The zero-order chi connectivity index (χ0) is 16.0. The highest BCUT2D eigenvalue weighted by Gasteiger charge is 2.47. The molecule has 2 rings (SSSR count). The van der Waals surface area contributed by atoms with Crippen LogP contribution in [0, 0.1) is 11.6 Å². The molecular weight excluding hydrogens is 304 g/mol. The van der Waals surface area contributed by atoms with Crippen LogP contribution in [0.1, 0.15) is 31.4 Å². The largest absolute Gasteiger partial charge is 0.390 e. The molecule has 1 heterocycles. The Morgan fingerprint density at radius 1 is 1.48 bits per heavy atom. The molecule has 118 valence electrons. The molecule has 1 aliphatic heterocycles. The van der Waals surface area contributed by atoms with Crippen LogP contribution < -0.4 is 5.73 Å². The van der Waals surface area contributed by atoms with E-state index in [-0.39, 0.29) is 30.7 Å². The van der Waals surface area contributed by atoms with E-state index in [1.54, 1.807) is 0 Å². The molecule has 1 aromatic carbocycles. The van der Waals surface area contributed by atoms with Crippen LogP contribution in [-0.4, -0.2) is 29.5 Å². The number of nitrogens with two attached hydrogens (primary N) is 1. The molecule has 2 unspecified atom stereocenters. The lowest BCUT2D eigenvalue weighted by Gasteiger charge is -2.33. The molecule has 7 heteroatoms. The van der Waals surface area contributed by atoms with Crippen LogP contribution in [0.15, 0.2) is 6.07 Å². The average molecular weight is 322 g/mol. The van der Waals surface area contributed by atoms with Gasteiger partial charge in [-0.25, -0.2) is 8.78 Å². The molecule has 1 aromatic rings. The van der Waals surface area contributed by atoms with Crippen molar-refractivity contribution in [2.75, 3.05) is 13.2 Å². The van der Waals surface area contributed by atoms with Crippen LogP contribution in [0.25, 0.3) is 0 Å². The molecule has 4 nitrogen and oxygen atoms in total. The topological polar surface area (TPSA) is 75.7 Å². The summed E-state index contributed by atoms with van der Waals surface area (Å²) in [6.07, 6.45) is -0.753. The lowest BCUT2D eigenvalue weighted by molar-refractivity contribution is -0.0584. The second kappa shape index (κ2) is 5.44. The molecule has 2 atom stereocenters. The number of rotatable bonds is 3. The summed E-state index contributed by atoms with van der Waals surface area (Å²) >= 11 is 5.70. The standard InChI is InChI=1S/C14H18ClF2NO3/c1-13(2,20)7-5-8(12(17)10(15)11(7)16)14(6-18)9(19)3-4-21-14/h5,9,19-20H,3-4,6,18H2,1-2H3. The van der Waals surface area contributed by atoms with E-state index in [4.69, 9.17) is 22.1 Å². The normalized spacial score (nSPS) is 26.4. The van der Waals surface area contributed by atoms with Crippen molar-refractivity contribution in [1.29, 1.82) is 0 Å². The highest BCUT2D eigenvalue weighted by atomic mass is 35.5. The van der Waals surface area contributed by atoms with E-state index in [1.165, 1.54) is 13.8 Å². The summed E-state index contributed by atoms with van der Waals surface area (Å²) < 4.78 is 33.9. The third-order valence-electron chi connectivity index (χ3n) is 3.85. The van der Waals surface area contributed by atoms with E-state index < -0.39 is 34.0 Å². The maximum absolute atomic E-state index is 14.4. The number of hydrogen-bond donors (Lipinski definition) is 3. The molecule has 0 saturated carbocycles. The Morgan fingerprint density at radius 2 is 2.10 bits per heavy atom. The summed E-state index contributed by atoms with van der Waals surface area (Å²) in [5.41, 5.74) is 2.28. The maximum atomic E-state index is 14.4. The van der Waals surface area contributed by atoms with E-state index in [1.807, 2.05) is 0 Å². The third-order valence-corrected chi connectivity index (χ3v) is 4.19. The Balaban J connectivity index is 2.72. The molecule has 1 fully saturated rings. The van der Waals surface area contributed by atoms with E-state index >= 15 is 0 Å². The zero-order valence-corrected chi connectivity index (χ0v) is 12.5. The van der Waals surface area contributed by atoms with Gasteiger partial charge in [-0.15, -0.1) is 0 Å². The molecule has 21 heavy (non-hydrogen) atoms. The van der Waals surface area contributed by atoms with Gasteiger partial charge < -0.3 is 20.7 Å². The fraction of sp³-hybridized carbons (Fsp3) is 0.571. The van der Waals surface area contributed by atoms with Gasteiger partial charge in [0.15, 0.2) is 11.6 Å². The second-order valence-electron chi connectivity index (χ2n) is 5.72. The Hall–Kier alpha value is -0.790. The highest BCUT2D eigenvalue weighted by molar-refractivity contribution is 6.31. The smallest absolute Gasteiger partial charge is 0.151 e. The van der Waals surface area contributed by atoms with Crippen LogP contribution >= 0.6 is 11.6 Å². The molecule has 0 spiro atoms. The average Bonchev–Trinajstić information content (AvgIpc) is 2.77. The van der Waals surface area contributed by atoms with E-state index in [0.29, 0.717) is 0 Å². The van der Waals surface area contributed by atoms with E-state index in [2.05, 4.69) is 0 Å². The van der Waals surface area contributed by atoms with Gasteiger partial charge in [0.05, 0.1) is 18.3 Å². The van der Waals surface area contributed by atoms with Gasteiger partial charge in [-0.3, -0.25) is 0 Å². The van der Waals surface area contributed by atoms with E-state index in [0.717, 1.165) is 6.07 Å². The van der Waals surface area contributed by atoms with E-state index in [9.17, 15) is 19.0 Å². The van der Waals surface area contributed by atoms with Crippen LogP contribution in [0.2, 0.25) is 5.02 Å². The molecule has 0 aliphatic carbocycles. The first-order valence-electron chi connectivity index (χ1n) is 6.58. The summed E-state index contributed by atoms with van der Waals surface area (Å²) in [4.78, 5) is 0. The van der Waals surface area contributed by atoms with Gasteiger partial charge in [0.2, 0.25) is 0 Å². The summed E-state index contributed by atoms with van der Waals surface area (Å²) in [6, 6.07) is 1.12. The minimum atomic E-state index is -1.57. The number of halogens is 3. The Labute approximate surface area is 126 Å². The first-order valence-corrected chi connectivity index (χ1v) is 6.96. The molecule has 0 radical (unpaired) electrons. The SMILES string of the molecule is CC(C)(O)c1cc(C2(CN)OCCC2O)c(F)c(Cl)c1F. The maximum Gasteiger partial charge on any atom is 0.151 e. The van der Waals surface area contributed by atoms with Crippen molar-refractivity contribution in [1.82, 2.24) is 0 Å². The molecule has 0 bridgehead atoms. The summed E-state index contributed by atoms with van der Waals surface area (Å²) in [5.74, 6) is -2.07. The second-order valence-corrected chi connectivity index (χ2v) is 6.10. The summed E-state index contributed by atoms with van der Waals surface area (Å²) in [6.45, 7) is 2.71. The van der Waals surface area contributed by atoms with Crippen molar-refractivity contribution in [3.05, 3.63) is 33.9 Å². The van der Waals surface area contributed by atoms with Gasteiger partial charge in [-0.1, -0.05) is 11.6 Å². The predicted octanol–water partition coefficient (Wildman–Crippen LogP) is 1.78. The van der Waals surface area contributed by atoms with Crippen LogP contribution in [0.5, 0.6) is 0 Å². The number of hydrogen-bond acceptors (Lipinski definition) is 4. The van der Waals surface area contributed by atoms with Crippen molar-refractivity contribution in [2.24, 2.45) is 5.73 Å². The predicted molar refractivity (Wildman–Crippen MR) is 73.9 cm³/mol. The van der Waals surface area contributed by atoms with Gasteiger partial charge in [0.1, 0.15) is 10.6 Å². The monoisotopic (exact) mass is 321 g/mol. The number of aliphatic hydroxyl groups excluding tert-OH is 1. The Bertz CT molecular complexity index is 562. The number of benzene rings is 1. The molecule has 0 aromatic heterocycles. The van der Waals surface area contributed by atoms with Gasteiger partial charge in [0, 0.05) is 17.7 Å². The molecule has 4 N–H and O–H groups in total. The molecular formula is C14H18ClF2NO3. The highest BCUT2D eigenvalue weighted by Crippen LogP contribution is 2.41. The number of ether oxygens (including phenoxy) is 1. The van der Waals surface area contributed by atoms with Gasteiger partial charge in [0.25, 0.3) is 0 Å². The van der Waals surface area contributed by atoms with Crippen molar-refractivity contribution < 1.29 is 23.7 Å². The minimum absolute atomic E-state index is 0.140. The number of aliphatic hydroxyl groups is 2. The molecule has 1 aliphatic rings. The quantitative estimate of drug-likeness (QED) is 0.742.